The van der Waals surface area contributed by atoms with Crippen molar-refractivity contribution in [2.45, 2.75) is 0 Å². The van der Waals surface area contributed by atoms with Crippen LogP contribution in [0.25, 0.3) is 45.2 Å². The minimum Gasteiger partial charge on any atom is -0.435 e. The molecule has 2 heteroatoms. The molecule has 0 atom stereocenters. The van der Waals surface area contributed by atoms with Crippen molar-refractivity contribution in [2.24, 2.45) is 0 Å². The van der Waals surface area contributed by atoms with Gasteiger partial charge in [-0.1, -0.05) is 103 Å². The molecular weight excluding hydrogens is 354 g/mol. The van der Waals surface area contributed by atoms with Gasteiger partial charge in [0.25, 0.3) is 0 Å². The maximum absolute atomic E-state index is 6.25. The lowest BCUT2D eigenvalue weighted by Crippen LogP contribution is -1.84. The Morgan fingerprint density at radius 1 is 0.414 bits per heavy atom. The van der Waals surface area contributed by atoms with Gasteiger partial charge in [-0.3, -0.25) is 0 Å². The largest absolute Gasteiger partial charge is 0.435 e. The van der Waals surface area contributed by atoms with Crippen molar-refractivity contribution in [3.63, 3.8) is 0 Å². The molecule has 0 fully saturated rings. The standard InChI is InChI=1S/C27H19NO/c1-4-10-20(11-5-1)21-16-18-22(19-17-21)25-26(23-12-6-2-7-13-23)29-27(28-25)24-14-8-3-9-15-24/h1-19H. The normalized spacial score (nSPS) is 10.8. The van der Waals surface area contributed by atoms with Gasteiger partial charge in [-0.15, -0.1) is 0 Å². The maximum atomic E-state index is 6.25. The molecule has 0 aliphatic rings. The Morgan fingerprint density at radius 2 is 0.862 bits per heavy atom. The molecule has 0 radical (unpaired) electrons. The number of benzene rings is 4. The summed E-state index contributed by atoms with van der Waals surface area (Å²) in [6.07, 6.45) is 0. The SMILES string of the molecule is c1ccc(-c2ccc(-c3nc(-c4ccccc4)oc3-c3ccccc3)cc2)cc1. The average molecular weight is 373 g/mol. The zero-order valence-corrected chi connectivity index (χ0v) is 15.8. The van der Waals surface area contributed by atoms with Crippen LogP contribution < -0.4 is 0 Å². The first-order valence-electron chi connectivity index (χ1n) is 9.66. The van der Waals surface area contributed by atoms with Gasteiger partial charge in [0.15, 0.2) is 5.76 Å². The van der Waals surface area contributed by atoms with Crippen LogP contribution in [-0.2, 0) is 0 Å². The topological polar surface area (TPSA) is 26.0 Å². The van der Waals surface area contributed by atoms with Gasteiger partial charge in [-0.05, 0) is 23.3 Å². The predicted molar refractivity (Wildman–Crippen MR) is 118 cm³/mol. The van der Waals surface area contributed by atoms with E-state index in [0.717, 1.165) is 28.1 Å². The summed E-state index contributed by atoms with van der Waals surface area (Å²) in [6.45, 7) is 0. The van der Waals surface area contributed by atoms with E-state index in [4.69, 9.17) is 9.40 Å². The second-order valence-corrected chi connectivity index (χ2v) is 6.87. The van der Waals surface area contributed by atoms with Gasteiger partial charge in [0.2, 0.25) is 5.89 Å². The van der Waals surface area contributed by atoms with Crippen molar-refractivity contribution in [1.29, 1.82) is 0 Å². The molecule has 5 rings (SSSR count). The maximum Gasteiger partial charge on any atom is 0.227 e. The molecule has 2 nitrogen and oxygen atoms in total. The van der Waals surface area contributed by atoms with Crippen LogP contribution in [0, 0.1) is 0 Å². The Balaban J connectivity index is 1.61. The third kappa shape index (κ3) is 3.48. The summed E-state index contributed by atoms with van der Waals surface area (Å²) < 4.78 is 6.25. The van der Waals surface area contributed by atoms with Gasteiger partial charge in [-0.25, -0.2) is 4.98 Å². The van der Waals surface area contributed by atoms with Crippen molar-refractivity contribution < 1.29 is 4.42 Å². The summed E-state index contributed by atoms with van der Waals surface area (Å²) in [5, 5.41) is 0. The fraction of sp³-hybridized carbons (Fsp3) is 0. The van der Waals surface area contributed by atoms with E-state index in [2.05, 4.69) is 60.7 Å². The first-order chi connectivity index (χ1) is 14.4. The van der Waals surface area contributed by atoms with Crippen LogP contribution in [0.3, 0.4) is 0 Å². The second-order valence-electron chi connectivity index (χ2n) is 6.87. The summed E-state index contributed by atoms with van der Waals surface area (Å²) in [5.74, 6) is 1.42. The molecule has 138 valence electrons. The molecule has 5 aromatic rings. The monoisotopic (exact) mass is 373 g/mol. The first-order valence-corrected chi connectivity index (χ1v) is 9.66. The molecule has 4 aromatic carbocycles. The van der Waals surface area contributed by atoms with Gasteiger partial charge in [0.05, 0.1) is 0 Å². The van der Waals surface area contributed by atoms with E-state index >= 15 is 0 Å². The van der Waals surface area contributed by atoms with E-state index in [-0.39, 0.29) is 0 Å². The smallest absolute Gasteiger partial charge is 0.227 e. The third-order valence-corrected chi connectivity index (χ3v) is 4.95. The van der Waals surface area contributed by atoms with Crippen molar-refractivity contribution >= 4 is 0 Å². The molecule has 0 bridgehead atoms. The molecule has 0 spiro atoms. The average Bonchev–Trinajstić information content (AvgIpc) is 3.27. The zero-order valence-electron chi connectivity index (χ0n) is 15.8. The number of rotatable bonds is 4. The number of hydrogen-bond acceptors (Lipinski definition) is 2. The Hall–Kier alpha value is -3.91. The van der Waals surface area contributed by atoms with E-state index in [1.165, 1.54) is 11.1 Å². The lowest BCUT2D eigenvalue weighted by Gasteiger charge is -2.04. The highest BCUT2D eigenvalue weighted by atomic mass is 16.4. The third-order valence-electron chi connectivity index (χ3n) is 4.95. The quantitative estimate of drug-likeness (QED) is 0.329. The Kier molecular flexibility index (Phi) is 4.51. The summed E-state index contributed by atoms with van der Waals surface area (Å²) >= 11 is 0. The van der Waals surface area contributed by atoms with Crippen LogP contribution in [0.1, 0.15) is 0 Å². The Labute approximate surface area is 170 Å². The lowest BCUT2D eigenvalue weighted by atomic mass is 10.0. The fourth-order valence-corrected chi connectivity index (χ4v) is 3.46. The molecule has 0 saturated carbocycles. The van der Waals surface area contributed by atoms with Gasteiger partial charge in [0, 0.05) is 16.7 Å². The van der Waals surface area contributed by atoms with Crippen LogP contribution in [0.15, 0.2) is 120 Å². The molecular formula is C27H19NO. The predicted octanol–water partition coefficient (Wildman–Crippen LogP) is 7.34. The van der Waals surface area contributed by atoms with E-state index < -0.39 is 0 Å². The molecule has 1 aromatic heterocycles. The van der Waals surface area contributed by atoms with Crippen LogP contribution in [-0.4, -0.2) is 4.98 Å². The Morgan fingerprint density at radius 3 is 1.45 bits per heavy atom. The van der Waals surface area contributed by atoms with Crippen LogP contribution in [0.2, 0.25) is 0 Å². The number of nitrogens with zero attached hydrogens (tertiary/aromatic N) is 1. The summed E-state index contributed by atoms with van der Waals surface area (Å²) in [5.41, 5.74) is 6.26. The molecule has 0 unspecified atom stereocenters. The van der Waals surface area contributed by atoms with E-state index in [9.17, 15) is 0 Å². The highest BCUT2D eigenvalue weighted by Gasteiger charge is 2.17. The van der Waals surface area contributed by atoms with Crippen molar-refractivity contribution in [2.75, 3.05) is 0 Å². The molecule has 0 saturated heterocycles. The fourth-order valence-electron chi connectivity index (χ4n) is 3.46. The molecule has 0 amide bonds. The summed E-state index contributed by atoms with van der Waals surface area (Å²) in [6, 6.07) is 39.0. The van der Waals surface area contributed by atoms with Crippen LogP contribution in [0.5, 0.6) is 0 Å². The molecule has 0 aliphatic carbocycles. The van der Waals surface area contributed by atoms with Gasteiger partial charge < -0.3 is 4.42 Å². The summed E-state index contributed by atoms with van der Waals surface area (Å²) in [7, 11) is 0. The zero-order chi connectivity index (χ0) is 19.5. The van der Waals surface area contributed by atoms with Crippen molar-refractivity contribution in [3.05, 3.63) is 115 Å². The molecule has 0 aliphatic heterocycles. The van der Waals surface area contributed by atoms with Crippen molar-refractivity contribution in [1.82, 2.24) is 4.98 Å². The van der Waals surface area contributed by atoms with E-state index in [1.807, 2.05) is 54.6 Å². The van der Waals surface area contributed by atoms with Crippen LogP contribution in [0.4, 0.5) is 0 Å². The minimum absolute atomic E-state index is 0.631. The number of oxazole rings is 1. The van der Waals surface area contributed by atoms with Crippen molar-refractivity contribution in [3.8, 4) is 45.2 Å². The van der Waals surface area contributed by atoms with E-state index in [0.29, 0.717) is 5.89 Å². The molecule has 0 N–H and O–H groups in total. The first kappa shape index (κ1) is 17.2. The highest BCUT2D eigenvalue weighted by molar-refractivity contribution is 5.80. The van der Waals surface area contributed by atoms with E-state index in [1.54, 1.807) is 0 Å². The summed E-state index contributed by atoms with van der Waals surface area (Å²) in [4.78, 5) is 4.86. The second kappa shape index (κ2) is 7.61. The number of hydrogen-bond donors (Lipinski definition) is 0. The molecule has 1 heterocycles. The Bertz CT molecular complexity index is 1210. The lowest BCUT2D eigenvalue weighted by molar-refractivity contribution is 0.589. The highest BCUT2D eigenvalue weighted by Crippen LogP contribution is 2.36. The van der Waals surface area contributed by atoms with Gasteiger partial charge in [0.1, 0.15) is 5.69 Å². The van der Waals surface area contributed by atoms with Crippen LogP contribution >= 0.6 is 0 Å². The number of aromatic nitrogens is 1. The van der Waals surface area contributed by atoms with Gasteiger partial charge in [-0.2, -0.15) is 0 Å². The molecule has 29 heavy (non-hydrogen) atoms. The minimum atomic E-state index is 0.631. The van der Waals surface area contributed by atoms with Gasteiger partial charge >= 0.3 is 0 Å².